The van der Waals surface area contributed by atoms with Crippen molar-refractivity contribution in [3.8, 4) is 0 Å². The van der Waals surface area contributed by atoms with E-state index in [1.807, 2.05) is 13.8 Å². The monoisotopic (exact) mass is 237 g/mol. The van der Waals surface area contributed by atoms with Gasteiger partial charge in [-0.25, -0.2) is 4.79 Å². The summed E-state index contributed by atoms with van der Waals surface area (Å²) < 4.78 is 1.31. The molecule has 1 heterocycles. The van der Waals surface area contributed by atoms with Crippen molar-refractivity contribution in [2.45, 2.75) is 39.2 Å². The van der Waals surface area contributed by atoms with E-state index in [9.17, 15) is 9.59 Å². The smallest absolute Gasteiger partial charge is 0.326 e. The maximum absolute atomic E-state index is 11.5. The van der Waals surface area contributed by atoms with E-state index in [1.165, 1.54) is 10.6 Å². The zero-order valence-electron chi connectivity index (χ0n) is 10.3. The predicted octanol–water partition coefficient (Wildman–Crippen LogP) is 2.30. The number of hydrogen-bond acceptors (Lipinski definition) is 2. The highest BCUT2D eigenvalue weighted by Crippen LogP contribution is 2.36. The first kappa shape index (κ1) is 13.5. The van der Waals surface area contributed by atoms with Crippen LogP contribution < -0.4 is 5.56 Å². The molecular formula is C13H19NO3. The number of aliphatic carboxylic acids is 1. The van der Waals surface area contributed by atoms with Crippen LogP contribution in [0.2, 0.25) is 0 Å². The number of rotatable bonds is 4. The SMILES string of the molecule is CC.O=C(O)C(CC1CC1)n1ccccc1=O. The van der Waals surface area contributed by atoms with E-state index < -0.39 is 12.0 Å². The first-order valence-electron chi connectivity index (χ1n) is 6.08. The highest BCUT2D eigenvalue weighted by Gasteiger charge is 2.30. The molecule has 4 nitrogen and oxygen atoms in total. The molecule has 1 fully saturated rings. The van der Waals surface area contributed by atoms with Gasteiger partial charge in [0.2, 0.25) is 0 Å². The summed E-state index contributed by atoms with van der Waals surface area (Å²) in [4.78, 5) is 22.5. The van der Waals surface area contributed by atoms with Crippen LogP contribution in [-0.4, -0.2) is 15.6 Å². The zero-order valence-corrected chi connectivity index (χ0v) is 10.3. The Morgan fingerprint density at radius 2 is 2.12 bits per heavy atom. The van der Waals surface area contributed by atoms with Crippen molar-refractivity contribution in [2.75, 3.05) is 0 Å². The van der Waals surface area contributed by atoms with Crippen LogP contribution in [-0.2, 0) is 4.79 Å². The minimum atomic E-state index is -0.921. The van der Waals surface area contributed by atoms with Gasteiger partial charge in [-0.1, -0.05) is 32.8 Å². The normalized spacial score (nSPS) is 15.6. The maximum atomic E-state index is 11.5. The fraction of sp³-hybridized carbons (Fsp3) is 0.538. The largest absolute Gasteiger partial charge is 0.480 e. The molecule has 1 N–H and O–H groups in total. The van der Waals surface area contributed by atoms with Gasteiger partial charge in [0.05, 0.1) is 0 Å². The molecule has 0 spiro atoms. The van der Waals surface area contributed by atoms with Crippen LogP contribution in [0.15, 0.2) is 29.2 Å². The van der Waals surface area contributed by atoms with Crippen LogP contribution in [0.5, 0.6) is 0 Å². The van der Waals surface area contributed by atoms with Crippen molar-refractivity contribution in [2.24, 2.45) is 5.92 Å². The van der Waals surface area contributed by atoms with Crippen LogP contribution in [0.3, 0.4) is 0 Å². The van der Waals surface area contributed by atoms with E-state index >= 15 is 0 Å². The Balaban J connectivity index is 0.000000686. The third-order valence-electron chi connectivity index (χ3n) is 2.73. The minimum absolute atomic E-state index is 0.245. The van der Waals surface area contributed by atoms with E-state index in [2.05, 4.69) is 0 Å². The van der Waals surface area contributed by atoms with E-state index in [4.69, 9.17) is 5.11 Å². The number of carbonyl (C=O) groups is 1. The molecule has 2 rings (SSSR count). The Morgan fingerprint density at radius 3 is 2.59 bits per heavy atom. The third-order valence-corrected chi connectivity index (χ3v) is 2.73. The van der Waals surface area contributed by atoms with Crippen molar-refractivity contribution < 1.29 is 9.90 Å². The summed E-state index contributed by atoms with van der Waals surface area (Å²) in [6.45, 7) is 4.00. The summed E-state index contributed by atoms with van der Waals surface area (Å²) in [6, 6.07) is 3.99. The molecule has 1 saturated carbocycles. The second-order valence-corrected chi connectivity index (χ2v) is 3.98. The molecule has 4 heteroatoms. The van der Waals surface area contributed by atoms with Crippen molar-refractivity contribution in [1.82, 2.24) is 4.57 Å². The van der Waals surface area contributed by atoms with Crippen LogP contribution in [0.25, 0.3) is 0 Å². The van der Waals surface area contributed by atoms with Gasteiger partial charge in [0.15, 0.2) is 0 Å². The lowest BCUT2D eigenvalue weighted by atomic mass is 10.1. The summed E-state index contributed by atoms with van der Waals surface area (Å²) >= 11 is 0. The molecule has 1 unspecified atom stereocenters. The quantitative estimate of drug-likeness (QED) is 0.874. The van der Waals surface area contributed by atoms with Crippen LogP contribution in [0.4, 0.5) is 0 Å². The third kappa shape index (κ3) is 3.73. The number of hydrogen-bond donors (Lipinski definition) is 1. The van der Waals surface area contributed by atoms with Crippen LogP contribution >= 0.6 is 0 Å². The summed E-state index contributed by atoms with van der Waals surface area (Å²) in [5, 5.41) is 9.07. The summed E-state index contributed by atoms with van der Waals surface area (Å²) in [5.41, 5.74) is -0.245. The molecule has 1 aliphatic rings. The van der Waals surface area contributed by atoms with Crippen molar-refractivity contribution in [3.05, 3.63) is 34.7 Å². The Hall–Kier alpha value is -1.58. The van der Waals surface area contributed by atoms with Gasteiger partial charge in [-0.3, -0.25) is 4.79 Å². The van der Waals surface area contributed by atoms with Gasteiger partial charge >= 0.3 is 5.97 Å². The lowest BCUT2D eigenvalue weighted by molar-refractivity contribution is -0.141. The van der Waals surface area contributed by atoms with E-state index in [1.54, 1.807) is 18.3 Å². The van der Waals surface area contributed by atoms with E-state index in [-0.39, 0.29) is 5.56 Å². The molecule has 1 atom stereocenters. The summed E-state index contributed by atoms with van der Waals surface area (Å²) in [6.07, 6.45) is 4.29. The molecule has 1 aliphatic carbocycles. The highest BCUT2D eigenvalue weighted by molar-refractivity contribution is 5.71. The standard InChI is InChI=1S/C11H13NO3.C2H6/c13-10-3-1-2-6-12(10)9(11(14)15)7-8-4-5-8;1-2/h1-3,6,8-9H,4-5,7H2,(H,14,15);1-2H3. The zero-order chi connectivity index (χ0) is 12.8. The Morgan fingerprint density at radius 1 is 1.47 bits per heavy atom. The van der Waals surface area contributed by atoms with Crippen molar-refractivity contribution >= 4 is 5.97 Å². The molecule has 0 bridgehead atoms. The topological polar surface area (TPSA) is 59.3 Å². The molecule has 0 aliphatic heterocycles. The number of carboxylic acid groups (broad SMARTS) is 1. The fourth-order valence-electron chi connectivity index (χ4n) is 1.70. The van der Waals surface area contributed by atoms with Gasteiger partial charge in [0.1, 0.15) is 6.04 Å². The number of pyridine rings is 1. The van der Waals surface area contributed by atoms with Gasteiger partial charge in [-0.15, -0.1) is 0 Å². The predicted molar refractivity (Wildman–Crippen MR) is 66.1 cm³/mol. The van der Waals surface area contributed by atoms with Gasteiger partial charge in [0.25, 0.3) is 5.56 Å². The molecule has 17 heavy (non-hydrogen) atoms. The maximum Gasteiger partial charge on any atom is 0.326 e. The first-order valence-corrected chi connectivity index (χ1v) is 6.08. The lowest BCUT2D eigenvalue weighted by Crippen LogP contribution is -2.29. The van der Waals surface area contributed by atoms with E-state index in [0.717, 1.165) is 12.8 Å². The summed E-state index contributed by atoms with van der Waals surface area (Å²) in [7, 11) is 0. The molecule has 1 aromatic rings. The second-order valence-electron chi connectivity index (χ2n) is 3.98. The van der Waals surface area contributed by atoms with Gasteiger partial charge in [-0.2, -0.15) is 0 Å². The molecule has 0 radical (unpaired) electrons. The number of carboxylic acids is 1. The fourth-order valence-corrected chi connectivity index (χ4v) is 1.70. The van der Waals surface area contributed by atoms with Gasteiger partial charge < -0.3 is 9.67 Å². The second kappa shape index (κ2) is 6.23. The number of aromatic nitrogens is 1. The van der Waals surface area contributed by atoms with Gasteiger partial charge in [-0.05, 0) is 18.4 Å². The minimum Gasteiger partial charge on any atom is -0.480 e. The van der Waals surface area contributed by atoms with Gasteiger partial charge in [0, 0.05) is 12.3 Å². The Bertz CT molecular complexity index is 421. The molecule has 94 valence electrons. The Kier molecular flexibility index (Phi) is 4.94. The Labute approximate surface area is 101 Å². The molecular weight excluding hydrogens is 218 g/mol. The molecule has 0 amide bonds. The lowest BCUT2D eigenvalue weighted by Gasteiger charge is -2.14. The van der Waals surface area contributed by atoms with E-state index in [0.29, 0.717) is 12.3 Å². The molecule has 1 aromatic heterocycles. The summed E-state index contributed by atoms with van der Waals surface area (Å²) in [5.74, 6) is -0.437. The molecule has 0 saturated heterocycles. The molecule has 0 aromatic carbocycles. The van der Waals surface area contributed by atoms with Crippen molar-refractivity contribution in [1.29, 1.82) is 0 Å². The van der Waals surface area contributed by atoms with Crippen LogP contribution in [0.1, 0.15) is 39.2 Å². The average molecular weight is 237 g/mol. The number of nitrogens with zero attached hydrogens (tertiary/aromatic N) is 1. The van der Waals surface area contributed by atoms with Crippen LogP contribution in [0, 0.1) is 5.92 Å². The first-order chi connectivity index (χ1) is 8.18. The average Bonchev–Trinajstić information content (AvgIpc) is 3.13. The van der Waals surface area contributed by atoms with Crippen molar-refractivity contribution in [3.63, 3.8) is 0 Å². The highest BCUT2D eigenvalue weighted by atomic mass is 16.4.